The van der Waals surface area contributed by atoms with E-state index in [1.807, 2.05) is 0 Å². The fourth-order valence-electron chi connectivity index (χ4n) is 3.31. The maximum Gasteiger partial charge on any atom is 0.326 e. The molecule has 0 radical (unpaired) electrons. The van der Waals surface area contributed by atoms with Crippen LogP contribution < -0.4 is 14.8 Å². The normalized spacial score (nSPS) is 15.4. The third-order valence-corrected chi connectivity index (χ3v) is 4.90. The Hall–Kier alpha value is -3.30. The van der Waals surface area contributed by atoms with Crippen LogP contribution >= 0.6 is 0 Å². The van der Waals surface area contributed by atoms with Crippen molar-refractivity contribution in [3.05, 3.63) is 18.2 Å². The number of anilines is 1. The van der Waals surface area contributed by atoms with Crippen molar-refractivity contribution in [1.29, 1.82) is 0 Å². The standard InChI is InChI=1S/C20H26N4O6/c1-3-23(18(26)5-4-8-24-19(27)13-22(2)20(24)28)12-17(25)21-14-6-7-15-16(11-14)30-10-9-29-15/h6-7,11H,3-5,8-10,12-13H2,1-2H3,(H,21,25). The number of fused-ring (bicyclic) bond motifs is 1. The summed E-state index contributed by atoms with van der Waals surface area (Å²) in [6.45, 7) is 3.27. The van der Waals surface area contributed by atoms with Gasteiger partial charge in [-0.1, -0.05) is 0 Å². The molecule has 3 rings (SSSR count). The highest BCUT2D eigenvalue weighted by Crippen LogP contribution is 2.32. The van der Waals surface area contributed by atoms with Gasteiger partial charge in [0.2, 0.25) is 17.7 Å². The van der Waals surface area contributed by atoms with Gasteiger partial charge in [0, 0.05) is 38.3 Å². The van der Waals surface area contributed by atoms with E-state index in [1.165, 1.54) is 9.80 Å². The molecular weight excluding hydrogens is 392 g/mol. The van der Waals surface area contributed by atoms with Gasteiger partial charge in [0.15, 0.2) is 11.5 Å². The number of ether oxygens (including phenoxy) is 2. The van der Waals surface area contributed by atoms with E-state index in [1.54, 1.807) is 32.2 Å². The van der Waals surface area contributed by atoms with E-state index in [0.717, 1.165) is 4.90 Å². The topological polar surface area (TPSA) is 108 Å². The summed E-state index contributed by atoms with van der Waals surface area (Å²) >= 11 is 0. The van der Waals surface area contributed by atoms with Crippen molar-refractivity contribution < 1.29 is 28.7 Å². The van der Waals surface area contributed by atoms with Gasteiger partial charge in [0.1, 0.15) is 19.8 Å². The summed E-state index contributed by atoms with van der Waals surface area (Å²) < 4.78 is 11.0. The molecule has 0 aromatic heterocycles. The van der Waals surface area contributed by atoms with Gasteiger partial charge in [0.05, 0.1) is 6.54 Å². The van der Waals surface area contributed by atoms with E-state index in [2.05, 4.69) is 5.32 Å². The van der Waals surface area contributed by atoms with Crippen molar-refractivity contribution in [3.63, 3.8) is 0 Å². The lowest BCUT2D eigenvalue weighted by molar-refractivity contribution is -0.134. The van der Waals surface area contributed by atoms with Crippen molar-refractivity contribution >= 4 is 29.4 Å². The van der Waals surface area contributed by atoms with Gasteiger partial charge in [0.25, 0.3) is 0 Å². The molecule has 0 bridgehead atoms. The number of nitrogens with one attached hydrogen (secondary N) is 1. The molecule has 0 saturated carbocycles. The minimum absolute atomic E-state index is 0.0634. The smallest absolute Gasteiger partial charge is 0.326 e. The van der Waals surface area contributed by atoms with E-state index >= 15 is 0 Å². The quantitative estimate of drug-likeness (QED) is 0.629. The molecular formula is C20H26N4O6. The number of imide groups is 1. The molecule has 2 aliphatic rings. The Morgan fingerprint density at radius 1 is 1.17 bits per heavy atom. The number of carbonyl (C=O) groups is 4. The second-order valence-electron chi connectivity index (χ2n) is 7.10. The van der Waals surface area contributed by atoms with Gasteiger partial charge in [-0.3, -0.25) is 19.3 Å². The largest absolute Gasteiger partial charge is 0.486 e. The van der Waals surface area contributed by atoms with Gasteiger partial charge in [-0.05, 0) is 25.5 Å². The van der Waals surface area contributed by atoms with Crippen LogP contribution in [0.2, 0.25) is 0 Å². The average molecular weight is 418 g/mol. The molecule has 5 amide bonds. The summed E-state index contributed by atoms with van der Waals surface area (Å²) in [5.41, 5.74) is 0.558. The molecule has 1 fully saturated rings. The highest BCUT2D eigenvalue weighted by molar-refractivity contribution is 6.01. The molecule has 1 saturated heterocycles. The number of hydrogen-bond donors (Lipinski definition) is 1. The number of likely N-dealkylation sites (N-methyl/N-ethyl adjacent to an activating group) is 2. The highest BCUT2D eigenvalue weighted by Gasteiger charge is 2.33. The summed E-state index contributed by atoms with van der Waals surface area (Å²) in [6, 6.07) is 4.78. The molecule has 10 nitrogen and oxygen atoms in total. The maximum atomic E-state index is 12.5. The minimum Gasteiger partial charge on any atom is -0.486 e. The van der Waals surface area contributed by atoms with Gasteiger partial charge >= 0.3 is 6.03 Å². The Kier molecular flexibility index (Phi) is 6.76. The lowest BCUT2D eigenvalue weighted by Crippen LogP contribution is -2.38. The van der Waals surface area contributed by atoms with Crippen LogP contribution in [-0.4, -0.2) is 84.9 Å². The molecule has 0 unspecified atom stereocenters. The lowest BCUT2D eigenvalue weighted by Gasteiger charge is -2.22. The summed E-state index contributed by atoms with van der Waals surface area (Å²) in [6.07, 6.45) is 0.496. The van der Waals surface area contributed by atoms with Crippen molar-refractivity contribution in [2.45, 2.75) is 19.8 Å². The Labute approximate surface area is 174 Å². The molecule has 1 aromatic carbocycles. The monoisotopic (exact) mass is 418 g/mol. The number of carbonyl (C=O) groups excluding carboxylic acids is 4. The van der Waals surface area contributed by atoms with Gasteiger partial charge in [-0.15, -0.1) is 0 Å². The van der Waals surface area contributed by atoms with E-state index in [-0.39, 0.29) is 49.8 Å². The summed E-state index contributed by atoms with van der Waals surface area (Å²) in [4.78, 5) is 52.4. The predicted molar refractivity (Wildman–Crippen MR) is 107 cm³/mol. The maximum absolute atomic E-state index is 12.5. The van der Waals surface area contributed by atoms with Gasteiger partial charge in [-0.2, -0.15) is 0 Å². The fraction of sp³-hybridized carbons (Fsp3) is 0.500. The zero-order valence-electron chi connectivity index (χ0n) is 17.2. The zero-order valence-corrected chi connectivity index (χ0v) is 17.2. The van der Waals surface area contributed by atoms with Crippen LogP contribution in [0.15, 0.2) is 18.2 Å². The summed E-state index contributed by atoms with van der Waals surface area (Å²) in [7, 11) is 1.56. The van der Waals surface area contributed by atoms with Crippen LogP contribution in [0.5, 0.6) is 11.5 Å². The first-order chi connectivity index (χ1) is 14.4. The van der Waals surface area contributed by atoms with Crippen molar-refractivity contribution in [1.82, 2.24) is 14.7 Å². The van der Waals surface area contributed by atoms with Crippen LogP contribution in [0.3, 0.4) is 0 Å². The van der Waals surface area contributed by atoms with Crippen LogP contribution in [0.25, 0.3) is 0 Å². The van der Waals surface area contributed by atoms with Crippen LogP contribution in [0, 0.1) is 0 Å². The number of amides is 5. The first-order valence-corrected chi connectivity index (χ1v) is 9.91. The zero-order chi connectivity index (χ0) is 21.7. The Morgan fingerprint density at radius 2 is 1.90 bits per heavy atom. The Balaban J connectivity index is 1.47. The van der Waals surface area contributed by atoms with Gasteiger partial charge < -0.3 is 24.6 Å². The van der Waals surface area contributed by atoms with Crippen LogP contribution in [0.4, 0.5) is 10.5 Å². The second-order valence-corrected chi connectivity index (χ2v) is 7.10. The van der Waals surface area contributed by atoms with E-state index in [0.29, 0.717) is 43.4 Å². The third-order valence-electron chi connectivity index (χ3n) is 4.90. The highest BCUT2D eigenvalue weighted by atomic mass is 16.6. The number of benzene rings is 1. The van der Waals surface area contributed by atoms with E-state index < -0.39 is 0 Å². The lowest BCUT2D eigenvalue weighted by atomic mass is 10.2. The molecule has 0 atom stereocenters. The summed E-state index contributed by atoms with van der Waals surface area (Å²) in [5, 5.41) is 2.76. The van der Waals surface area contributed by atoms with E-state index in [9.17, 15) is 19.2 Å². The Bertz CT molecular complexity index is 843. The number of hydrogen-bond acceptors (Lipinski definition) is 6. The minimum atomic E-state index is -0.349. The van der Waals surface area contributed by atoms with Crippen molar-refractivity contribution in [2.75, 3.05) is 51.8 Å². The predicted octanol–water partition coefficient (Wildman–Crippen LogP) is 0.919. The molecule has 30 heavy (non-hydrogen) atoms. The number of urea groups is 1. The molecule has 0 spiro atoms. The fourth-order valence-corrected chi connectivity index (χ4v) is 3.31. The van der Waals surface area contributed by atoms with Crippen molar-refractivity contribution in [3.8, 4) is 11.5 Å². The molecule has 2 aliphatic heterocycles. The third kappa shape index (κ3) is 5.00. The van der Waals surface area contributed by atoms with Gasteiger partial charge in [-0.25, -0.2) is 4.79 Å². The first-order valence-electron chi connectivity index (χ1n) is 9.91. The average Bonchev–Trinajstić information content (AvgIpc) is 2.97. The van der Waals surface area contributed by atoms with Crippen LogP contribution in [-0.2, 0) is 14.4 Å². The summed E-state index contributed by atoms with van der Waals surface area (Å²) in [5.74, 6) is 0.404. The second kappa shape index (κ2) is 9.47. The molecule has 162 valence electrons. The first kappa shape index (κ1) is 21.4. The molecule has 0 aliphatic carbocycles. The van der Waals surface area contributed by atoms with Crippen LogP contribution in [0.1, 0.15) is 19.8 Å². The molecule has 10 heteroatoms. The number of rotatable bonds is 8. The molecule has 1 aromatic rings. The number of nitrogens with zero attached hydrogens (tertiary/aromatic N) is 3. The van der Waals surface area contributed by atoms with E-state index in [4.69, 9.17) is 9.47 Å². The SMILES string of the molecule is CCN(CC(=O)Nc1ccc2c(c1)OCCO2)C(=O)CCCN1C(=O)CN(C)C1=O. The molecule has 1 N–H and O–H groups in total. The van der Waals surface area contributed by atoms with Crippen molar-refractivity contribution in [2.24, 2.45) is 0 Å². The Morgan fingerprint density at radius 3 is 2.57 bits per heavy atom. The molecule has 2 heterocycles.